The molecule has 1 aromatic heterocycles. The lowest BCUT2D eigenvalue weighted by molar-refractivity contribution is -0.146. The number of aliphatic carboxylic acids is 1. The predicted molar refractivity (Wildman–Crippen MR) is 69.4 cm³/mol. The summed E-state index contributed by atoms with van der Waals surface area (Å²) in [6, 6.07) is 5.65. The molecule has 20 heavy (non-hydrogen) atoms. The maximum absolute atomic E-state index is 11.4. The average Bonchev–Trinajstić information content (AvgIpc) is 3.06. The molecule has 0 aliphatic carbocycles. The second-order valence-electron chi connectivity index (χ2n) is 5.20. The fourth-order valence-corrected chi connectivity index (χ4v) is 2.16. The maximum Gasteiger partial charge on any atom is 0.331 e. The summed E-state index contributed by atoms with van der Waals surface area (Å²) in [7, 11) is 0. The van der Waals surface area contributed by atoms with Gasteiger partial charge >= 0.3 is 5.97 Å². The summed E-state index contributed by atoms with van der Waals surface area (Å²) in [6.45, 7) is 3.79. The highest BCUT2D eigenvalue weighted by atomic mass is 16.5. The van der Waals surface area contributed by atoms with Crippen molar-refractivity contribution in [2.24, 2.45) is 0 Å². The van der Waals surface area contributed by atoms with Gasteiger partial charge in [0.25, 0.3) is 0 Å². The van der Waals surface area contributed by atoms with Crippen LogP contribution < -0.4 is 4.74 Å². The van der Waals surface area contributed by atoms with Gasteiger partial charge in [0.2, 0.25) is 0 Å². The normalized spacial score (nSPS) is 13.9. The lowest BCUT2D eigenvalue weighted by Gasteiger charge is -2.20. The van der Waals surface area contributed by atoms with Gasteiger partial charge in [-0.25, -0.2) is 9.48 Å². The van der Waals surface area contributed by atoms with Crippen molar-refractivity contribution in [1.29, 1.82) is 0 Å². The summed E-state index contributed by atoms with van der Waals surface area (Å²) in [5, 5.41) is 20.7. The Morgan fingerprint density at radius 1 is 1.45 bits per heavy atom. The number of carboxylic acid groups (broad SMARTS) is 1. The van der Waals surface area contributed by atoms with E-state index in [4.69, 9.17) is 4.74 Å². The van der Waals surface area contributed by atoms with Crippen molar-refractivity contribution in [3.8, 4) is 17.1 Å². The first-order valence-electron chi connectivity index (χ1n) is 6.28. The molecular weight excluding hydrogens is 260 g/mol. The molecule has 104 valence electrons. The van der Waals surface area contributed by atoms with Gasteiger partial charge in [-0.3, -0.25) is 0 Å². The molecule has 0 spiro atoms. The van der Waals surface area contributed by atoms with Crippen LogP contribution in [0.2, 0.25) is 0 Å². The van der Waals surface area contributed by atoms with E-state index in [-0.39, 0.29) is 0 Å². The molecule has 7 heteroatoms. The van der Waals surface area contributed by atoms with Gasteiger partial charge in [0.05, 0.1) is 6.61 Å². The lowest BCUT2D eigenvalue weighted by Crippen LogP contribution is -2.37. The van der Waals surface area contributed by atoms with E-state index < -0.39 is 11.5 Å². The highest BCUT2D eigenvalue weighted by Crippen LogP contribution is 2.30. The number of fused-ring (bicyclic) bond motifs is 1. The molecule has 0 atom stereocenters. The number of carboxylic acids is 1. The number of nitrogens with zero attached hydrogens (tertiary/aromatic N) is 4. The van der Waals surface area contributed by atoms with Crippen molar-refractivity contribution in [2.75, 3.05) is 6.61 Å². The quantitative estimate of drug-likeness (QED) is 0.901. The number of carbonyl (C=O) groups is 1. The summed E-state index contributed by atoms with van der Waals surface area (Å²) in [5.74, 6) is 0.313. The van der Waals surface area contributed by atoms with E-state index in [9.17, 15) is 9.90 Å². The molecule has 1 aliphatic heterocycles. The Morgan fingerprint density at radius 2 is 2.25 bits per heavy atom. The van der Waals surface area contributed by atoms with E-state index >= 15 is 0 Å². The minimum atomic E-state index is -1.21. The molecule has 1 N–H and O–H groups in total. The third-order valence-corrected chi connectivity index (χ3v) is 3.47. The van der Waals surface area contributed by atoms with Crippen LogP contribution in [-0.2, 0) is 16.8 Å². The molecule has 0 saturated heterocycles. The molecule has 0 radical (unpaired) electrons. The van der Waals surface area contributed by atoms with Gasteiger partial charge in [0.15, 0.2) is 11.4 Å². The Morgan fingerprint density at radius 3 is 3.00 bits per heavy atom. The van der Waals surface area contributed by atoms with E-state index in [1.54, 1.807) is 13.8 Å². The van der Waals surface area contributed by atoms with E-state index in [1.165, 1.54) is 4.68 Å². The van der Waals surface area contributed by atoms with Gasteiger partial charge in [-0.05, 0) is 48.0 Å². The Hall–Kier alpha value is -2.44. The van der Waals surface area contributed by atoms with Crippen LogP contribution in [0.15, 0.2) is 18.2 Å². The molecule has 7 nitrogen and oxygen atoms in total. The van der Waals surface area contributed by atoms with Gasteiger partial charge in [0.1, 0.15) is 5.75 Å². The van der Waals surface area contributed by atoms with E-state index in [0.717, 1.165) is 23.3 Å². The van der Waals surface area contributed by atoms with Gasteiger partial charge in [-0.15, -0.1) is 5.10 Å². The smallest absolute Gasteiger partial charge is 0.331 e. The SMILES string of the molecule is CC(C)(C(=O)O)n1nnnc1-c1ccc2c(c1)CCO2. The molecule has 0 bridgehead atoms. The molecule has 1 aromatic carbocycles. The molecule has 0 saturated carbocycles. The van der Waals surface area contributed by atoms with E-state index in [1.807, 2.05) is 18.2 Å². The number of ether oxygens (including phenoxy) is 1. The molecular formula is C13H14N4O3. The van der Waals surface area contributed by atoms with Crippen molar-refractivity contribution < 1.29 is 14.6 Å². The second-order valence-corrected chi connectivity index (χ2v) is 5.20. The van der Waals surface area contributed by atoms with Crippen LogP contribution in [0.3, 0.4) is 0 Å². The van der Waals surface area contributed by atoms with Crippen molar-refractivity contribution >= 4 is 5.97 Å². The first kappa shape index (κ1) is 12.6. The van der Waals surface area contributed by atoms with Crippen LogP contribution in [0.5, 0.6) is 5.75 Å². The van der Waals surface area contributed by atoms with Crippen molar-refractivity contribution in [3.63, 3.8) is 0 Å². The van der Waals surface area contributed by atoms with E-state index in [2.05, 4.69) is 15.5 Å². The van der Waals surface area contributed by atoms with E-state index in [0.29, 0.717) is 12.4 Å². The summed E-state index contributed by atoms with van der Waals surface area (Å²) < 4.78 is 6.78. The monoisotopic (exact) mass is 274 g/mol. The highest BCUT2D eigenvalue weighted by molar-refractivity contribution is 5.76. The Kier molecular flexibility index (Phi) is 2.70. The minimum absolute atomic E-state index is 0.437. The lowest BCUT2D eigenvalue weighted by atomic mass is 10.0. The largest absolute Gasteiger partial charge is 0.493 e. The average molecular weight is 274 g/mol. The second kappa shape index (κ2) is 4.29. The molecule has 0 unspecified atom stereocenters. The Labute approximate surface area is 115 Å². The van der Waals surface area contributed by atoms with Crippen molar-refractivity contribution in [3.05, 3.63) is 23.8 Å². The Balaban J connectivity index is 2.08. The highest BCUT2D eigenvalue weighted by Gasteiger charge is 2.34. The topological polar surface area (TPSA) is 90.1 Å². The number of rotatable bonds is 3. The molecule has 2 aromatic rings. The molecule has 1 aliphatic rings. The minimum Gasteiger partial charge on any atom is -0.493 e. The maximum atomic E-state index is 11.4. The van der Waals surface area contributed by atoms with Gasteiger partial charge in [0, 0.05) is 12.0 Å². The van der Waals surface area contributed by atoms with Crippen LogP contribution >= 0.6 is 0 Å². The molecule has 0 fully saturated rings. The van der Waals surface area contributed by atoms with Crippen LogP contribution in [0.4, 0.5) is 0 Å². The van der Waals surface area contributed by atoms with Crippen LogP contribution in [0.1, 0.15) is 19.4 Å². The third-order valence-electron chi connectivity index (χ3n) is 3.47. The van der Waals surface area contributed by atoms with Gasteiger partial charge in [-0.2, -0.15) is 0 Å². The summed E-state index contributed by atoms with van der Waals surface area (Å²) in [5.41, 5.74) is 0.660. The number of hydrogen-bond donors (Lipinski definition) is 1. The van der Waals surface area contributed by atoms with Crippen LogP contribution in [0.25, 0.3) is 11.4 Å². The summed E-state index contributed by atoms with van der Waals surface area (Å²) in [6.07, 6.45) is 0.840. The number of benzene rings is 1. The molecule has 3 rings (SSSR count). The molecule has 0 amide bonds. The predicted octanol–water partition coefficient (Wildman–Crippen LogP) is 1.09. The van der Waals surface area contributed by atoms with Gasteiger partial charge < -0.3 is 9.84 Å². The standard InChI is InChI=1S/C13H14N4O3/c1-13(2,12(18)19)17-11(14-15-16-17)9-3-4-10-8(7-9)5-6-20-10/h3-4,7H,5-6H2,1-2H3,(H,18,19). The summed E-state index contributed by atoms with van der Waals surface area (Å²) >= 11 is 0. The fourth-order valence-electron chi connectivity index (χ4n) is 2.16. The fraction of sp³-hybridized carbons (Fsp3) is 0.385. The first-order chi connectivity index (χ1) is 9.50. The number of aromatic nitrogens is 4. The van der Waals surface area contributed by atoms with Gasteiger partial charge in [-0.1, -0.05) is 0 Å². The van der Waals surface area contributed by atoms with Crippen LogP contribution in [-0.4, -0.2) is 37.9 Å². The Bertz CT molecular complexity index is 678. The van der Waals surface area contributed by atoms with Crippen molar-refractivity contribution in [1.82, 2.24) is 20.2 Å². The zero-order valence-corrected chi connectivity index (χ0v) is 11.2. The zero-order valence-electron chi connectivity index (χ0n) is 11.2. The third kappa shape index (κ3) is 1.82. The van der Waals surface area contributed by atoms with Crippen molar-refractivity contribution in [2.45, 2.75) is 25.8 Å². The number of tetrazole rings is 1. The first-order valence-corrected chi connectivity index (χ1v) is 6.28. The summed E-state index contributed by atoms with van der Waals surface area (Å²) in [4.78, 5) is 11.4. The molecule has 2 heterocycles. The van der Waals surface area contributed by atoms with Crippen LogP contribution in [0, 0.1) is 0 Å². The number of hydrogen-bond acceptors (Lipinski definition) is 5. The zero-order chi connectivity index (χ0) is 14.3.